The van der Waals surface area contributed by atoms with Crippen LogP contribution in [0.1, 0.15) is 18.4 Å². The molecule has 2 saturated heterocycles. The summed E-state index contributed by atoms with van der Waals surface area (Å²) in [6, 6.07) is 14.5. The Hall–Kier alpha value is -4.28. The van der Waals surface area contributed by atoms with Crippen LogP contribution in [0.3, 0.4) is 0 Å². The molecule has 41 heavy (non-hydrogen) atoms. The second-order valence-electron chi connectivity index (χ2n) is 10.9. The molecule has 4 aromatic heterocycles. The van der Waals surface area contributed by atoms with Gasteiger partial charge in [-0.25, -0.2) is 15.0 Å². The number of nitrogens with zero attached hydrogens (tertiary/aromatic N) is 6. The fourth-order valence-electron chi connectivity index (χ4n) is 5.75. The molecule has 0 radical (unpaired) electrons. The van der Waals surface area contributed by atoms with Crippen molar-refractivity contribution in [3.8, 4) is 28.3 Å². The van der Waals surface area contributed by atoms with Crippen LogP contribution in [0.5, 0.6) is 5.75 Å². The molecular weight excluding hydrogens is 516 g/mol. The van der Waals surface area contributed by atoms with Crippen molar-refractivity contribution in [2.75, 3.05) is 31.6 Å². The number of pyridine rings is 1. The third kappa shape index (κ3) is 5.53. The first-order valence-electron chi connectivity index (χ1n) is 14.3. The number of aromatic nitrogens is 6. The lowest BCUT2D eigenvalue weighted by atomic mass is 9.83. The number of nitrogens with one attached hydrogen (secondary N) is 2. The van der Waals surface area contributed by atoms with Gasteiger partial charge in [0, 0.05) is 49.6 Å². The quantitative estimate of drug-likeness (QED) is 0.282. The molecular formula is C31H34N8O2. The molecule has 6 heterocycles. The van der Waals surface area contributed by atoms with Crippen LogP contribution < -0.4 is 15.4 Å². The van der Waals surface area contributed by atoms with Crippen LogP contribution in [0.4, 0.5) is 5.82 Å². The van der Waals surface area contributed by atoms with E-state index < -0.39 is 0 Å². The van der Waals surface area contributed by atoms with Crippen molar-refractivity contribution in [3.63, 3.8) is 0 Å². The molecule has 5 aromatic rings. The van der Waals surface area contributed by atoms with Crippen molar-refractivity contribution < 1.29 is 9.47 Å². The topological polar surface area (TPSA) is 103 Å². The first-order chi connectivity index (χ1) is 20.2. The number of imidazole rings is 1. The highest BCUT2D eigenvalue weighted by Crippen LogP contribution is 2.32. The fraction of sp³-hybridized carbons (Fsp3) is 0.355. The summed E-state index contributed by atoms with van der Waals surface area (Å²) in [7, 11) is 1.93. The molecule has 10 heteroatoms. The van der Waals surface area contributed by atoms with E-state index in [1.807, 2.05) is 59.1 Å². The summed E-state index contributed by atoms with van der Waals surface area (Å²) in [6.07, 6.45) is 11.8. The number of benzene rings is 1. The second kappa shape index (κ2) is 11.3. The number of piperidine rings is 1. The van der Waals surface area contributed by atoms with Crippen molar-refractivity contribution in [3.05, 3.63) is 79.1 Å². The summed E-state index contributed by atoms with van der Waals surface area (Å²) in [6.45, 7) is 4.32. The van der Waals surface area contributed by atoms with Crippen molar-refractivity contribution >= 4 is 11.5 Å². The van der Waals surface area contributed by atoms with E-state index >= 15 is 0 Å². The van der Waals surface area contributed by atoms with Gasteiger partial charge in [-0.1, -0.05) is 24.3 Å². The average molecular weight is 551 g/mol. The van der Waals surface area contributed by atoms with Crippen LogP contribution in [0, 0.1) is 11.8 Å². The Balaban J connectivity index is 1.04. The summed E-state index contributed by atoms with van der Waals surface area (Å²) in [5, 5.41) is 11.1. The molecule has 0 saturated carbocycles. The molecule has 1 aromatic carbocycles. The van der Waals surface area contributed by atoms with E-state index in [-0.39, 0.29) is 6.10 Å². The van der Waals surface area contributed by atoms with E-state index in [4.69, 9.17) is 9.47 Å². The van der Waals surface area contributed by atoms with E-state index in [1.165, 1.54) is 0 Å². The number of anilines is 1. The van der Waals surface area contributed by atoms with Crippen molar-refractivity contribution in [2.24, 2.45) is 18.9 Å². The molecule has 2 aliphatic rings. The van der Waals surface area contributed by atoms with Gasteiger partial charge in [0.15, 0.2) is 0 Å². The SMILES string of the molecule is Cn1cc(-c2ccc(CNc3cc(-c4cnc5cc(OC(C6CCNCC6)C6COC6)ccn45)ncn3)cc2)cn1. The van der Waals surface area contributed by atoms with Crippen LogP contribution in [-0.2, 0) is 18.3 Å². The molecule has 0 amide bonds. The van der Waals surface area contributed by atoms with Gasteiger partial charge in [0.25, 0.3) is 0 Å². The Bertz CT molecular complexity index is 1620. The highest BCUT2D eigenvalue weighted by Gasteiger charge is 2.36. The predicted molar refractivity (Wildman–Crippen MR) is 157 cm³/mol. The number of hydrogen-bond acceptors (Lipinski definition) is 8. The second-order valence-corrected chi connectivity index (χ2v) is 10.9. The zero-order chi connectivity index (χ0) is 27.6. The van der Waals surface area contributed by atoms with Gasteiger partial charge in [0.05, 0.1) is 37.0 Å². The summed E-state index contributed by atoms with van der Waals surface area (Å²) in [5.74, 6) is 2.61. The highest BCUT2D eigenvalue weighted by atomic mass is 16.5. The van der Waals surface area contributed by atoms with E-state index in [0.717, 1.165) is 84.4 Å². The Labute approximate surface area is 238 Å². The smallest absolute Gasteiger partial charge is 0.140 e. The number of aryl methyl sites for hydroxylation is 1. The summed E-state index contributed by atoms with van der Waals surface area (Å²) in [5.41, 5.74) is 5.94. The first kappa shape index (κ1) is 25.7. The zero-order valence-electron chi connectivity index (χ0n) is 23.1. The van der Waals surface area contributed by atoms with Gasteiger partial charge in [0.1, 0.15) is 29.6 Å². The van der Waals surface area contributed by atoms with E-state index in [0.29, 0.717) is 18.4 Å². The number of fused-ring (bicyclic) bond motifs is 1. The van der Waals surface area contributed by atoms with Gasteiger partial charge in [0.2, 0.25) is 0 Å². The summed E-state index contributed by atoms with van der Waals surface area (Å²) >= 11 is 0. The van der Waals surface area contributed by atoms with Gasteiger partial charge in [-0.3, -0.25) is 9.08 Å². The molecule has 210 valence electrons. The minimum atomic E-state index is 0.171. The molecule has 0 bridgehead atoms. The highest BCUT2D eigenvalue weighted by molar-refractivity contribution is 5.64. The normalized spacial score (nSPS) is 16.9. The Morgan fingerprint density at radius 2 is 1.85 bits per heavy atom. The molecule has 7 rings (SSSR count). The molecule has 2 fully saturated rings. The lowest BCUT2D eigenvalue weighted by Gasteiger charge is -2.40. The Morgan fingerprint density at radius 3 is 2.61 bits per heavy atom. The standard InChI is InChI=1S/C31H34N8O2/c1-38-17-24(15-37-38)22-4-2-21(3-5-22)14-33-29-13-27(35-20-36-29)28-16-34-30-12-26(8-11-39(28)30)41-31(25-18-40-19-25)23-6-9-32-10-7-23/h2-5,8,11-13,15-17,20,23,25,31-32H,6-7,9-10,14,18-19H2,1H3,(H,33,35,36). The Morgan fingerprint density at radius 1 is 1.00 bits per heavy atom. The van der Waals surface area contributed by atoms with E-state index in [2.05, 4.69) is 54.9 Å². The number of hydrogen-bond donors (Lipinski definition) is 2. The average Bonchev–Trinajstić information content (AvgIpc) is 3.62. The third-order valence-corrected chi connectivity index (χ3v) is 8.13. The number of rotatable bonds is 9. The first-order valence-corrected chi connectivity index (χ1v) is 14.3. The summed E-state index contributed by atoms with van der Waals surface area (Å²) < 4.78 is 16.0. The lowest BCUT2D eigenvalue weighted by molar-refractivity contribution is -0.102. The van der Waals surface area contributed by atoms with Gasteiger partial charge < -0.3 is 20.1 Å². The van der Waals surface area contributed by atoms with Crippen molar-refractivity contribution in [2.45, 2.75) is 25.5 Å². The van der Waals surface area contributed by atoms with Gasteiger partial charge in [-0.05, 0) is 49.0 Å². The lowest BCUT2D eigenvalue weighted by Crippen LogP contribution is -2.48. The largest absolute Gasteiger partial charge is 0.489 e. The molecule has 2 N–H and O–H groups in total. The van der Waals surface area contributed by atoms with Gasteiger partial charge in [-0.15, -0.1) is 0 Å². The molecule has 0 aliphatic carbocycles. The summed E-state index contributed by atoms with van der Waals surface area (Å²) in [4.78, 5) is 13.6. The van der Waals surface area contributed by atoms with Gasteiger partial charge in [-0.2, -0.15) is 5.10 Å². The van der Waals surface area contributed by atoms with Crippen LogP contribution in [0.25, 0.3) is 28.2 Å². The fourth-order valence-corrected chi connectivity index (χ4v) is 5.75. The maximum atomic E-state index is 6.61. The third-order valence-electron chi connectivity index (χ3n) is 8.13. The molecule has 1 atom stereocenters. The maximum absolute atomic E-state index is 6.61. The molecule has 0 spiro atoms. The van der Waals surface area contributed by atoms with Crippen LogP contribution in [0.15, 0.2) is 73.6 Å². The molecule has 2 aliphatic heterocycles. The van der Waals surface area contributed by atoms with Crippen molar-refractivity contribution in [1.29, 1.82) is 0 Å². The van der Waals surface area contributed by atoms with Gasteiger partial charge >= 0.3 is 0 Å². The monoisotopic (exact) mass is 550 g/mol. The minimum Gasteiger partial charge on any atom is -0.489 e. The van der Waals surface area contributed by atoms with Crippen LogP contribution in [0.2, 0.25) is 0 Å². The van der Waals surface area contributed by atoms with Crippen LogP contribution >= 0.6 is 0 Å². The number of ether oxygens (including phenoxy) is 2. The molecule has 10 nitrogen and oxygen atoms in total. The predicted octanol–water partition coefficient (Wildman–Crippen LogP) is 4.20. The van der Waals surface area contributed by atoms with E-state index in [9.17, 15) is 0 Å². The maximum Gasteiger partial charge on any atom is 0.140 e. The zero-order valence-corrected chi connectivity index (χ0v) is 23.1. The Kier molecular flexibility index (Phi) is 7.08. The van der Waals surface area contributed by atoms with Crippen LogP contribution in [-0.4, -0.2) is 61.5 Å². The minimum absolute atomic E-state index is 0.171. The van der Waals surface area contributed by atoms with Crippen molar-refractivity contribution in [1.82, 2.24) is 34.4 Å². The molecule has 1 unspecified atom stereocenters. The van der Waals surface area contributed by atoms with E-state index in [1.54, 1.807) is 6.33 Å².